The topological polar surface area (TPSA) is 29.5 Å². The largest absolute Gasteiger partial charge is 0.495 e. The second kappa shape index (κ2) is 5.47. The third-order valence-electron chi connectivity index (χ3n) is 3.95. The van der Waals surface area contributed by atoms with Crippen molar-refractivity contribution in [2.24, 2.45) is 0 Å². The molecule has 0 bridgehead atoms. The molecule has 0 aliphatic heterocycles. The third kappa shape index (κ3) is 2.41. The number of halogens is 1. The van der Waals surface area contributed by atoms with E-state index in [1.165, 1.54) is 11.1 Å². The number of methoxy groups -OCH3 is 1. The first-order valence-electron chi connectivity index (χ1n) is 6.78. The molecule has 0 heterocycles. The molecule has 0 spiro atoms. The highest BCUT2D eigenvalue weighted by Crippen LogP contribution is 2.41. The summed E-state index contributed by atoms with van der Waals surface area (Å²) in [5.74, 6) is 0.892. The maximum Gasteiger partial charge on any atom is 0.137 e. The third-order valence-corrected chi connectivity index (χ3v) is 4.25. The van der Waals surface area contributed by atoms with Crippen molar-refractivity contribution in [2.45, 2.75) is 24.9 Å². The van der Waals surface area contributed by atoms with Crippen molar-refractivity contribution >= 4 is 11.6 Å². The van der Waals surface area contributed by atoms with Gasteiger partial charge in [-0.1, -0.05) is 41.9 Å². The van der Waals surface area contributed by atoms with Crippen LogP contribution in [0.2, 0.25) is 5.02 Å². The average Bonchev–Trinajstić information content (AvgIpc) is 2.46. The van der Waals surface area contributed by atoms with Gasteiger partial charge >= 0.3 is 0 Å². The van der Waals surface area contributed by atoms with Crippen LogP contribution >= 0.6 is 11.6 Å². The molecule has 20 heavy (non-hydrogen) atoms. The van der Waals surface area contributed by atoms with E-state index < -0.39 is 0 Å². The number of ether oxygens (including phenoxy) is 1. The van der Waals surface area contributed by atoms with Gasteiger partial charge in [-0.25, -0.2) is 0 Å². The van der Waals surface area contributed by atoms with Gasteiger partial charge in [0.15, 0.2) is 0 Å². The number of fused-ring (bicyclic) bond motifs is 1. The van der Waals surface area contributed by atoms with Gasteiger partial charge in [0.2, 0.25) is 0 Å². The smallest absolute Gasteiger partial charge is 0.137 e. The van der Waals surface area contributed by atoms with Gasteiger partial charge in [0.1, 0.15) is 5.75 Å². The second-order valence-corrected chi connectivity index (χ2v) is 5.65. The minimum Gasteiger partial charge on any atom is -0.495 e. The summed E-state index contributed by atoms with van der Waals surface area (Å²) in [4.78, 5) is 0. The van der Waals surface area contributed by atoms with Gasteiger partial charge in [-0.2, -0.15) is 0 Å². The Kier molecular flexibility index (Phi) is 3.68. The zero-order chi connectivity index (χ0) is 14.1. The standard InChI is InChI=1S/C17H17ClO2/c1-20-17-10-15-12(8-16(17)18)7-13(19)9-14(15)11-5-3-2-4-6-11/h2-6,8,10,13-14,19H,7,9H2,1H3/t13-,14-/m0/s1. The Labute approximate surface area is 124 Å². The highest BCUT2D eigenvalue weighted by atomic mass is 35.5. The predicted molar refractivity (Wildman–Crippen MR) is 80.6 cm³/mol. The van der Waals surface area contributed by atoms with E-state index in [0.717, 1.165) is 12.0 Å². The molecule has 2 nitrogen and oxygen atoms in total. The molecule has 0 radical (unpaired) electrons. The van der Waals surface area contributed by atoms with Crippen molar-refractivity contribution in [3.63, 3.8) is 0 Å². The summed E-state index contributed by atoms with van der Waals surface area (Å²) in [5, 5.41) is 10.7. The molecule has 2 atom stereocenters. The summed E-state index contributed by atoms with van der Waals surface area (Å²) in [6.07, 6.45) is 1.07. The van der Waals surface area contributed by atoms with E-state index in [1.807, 2.05) is 30.3 Å². The summed E-state index contributed by atoms with van der Waals surface area (Å²) in [7, 11) is 1.63. The Morgan fingerprint density at radius 1 is 1.20 bits per heavy atom. The Morgan fingerprint density at radius 2 is 1.95 bits per heavy atom. The first kappa shape index (κ1) is 13.5. The van der Waals surface area contributed by atoms with Crippen LogP contribution in [-0.2, 0) is 6.42 Å². The van der Waals surface area contributed by atoms with Crippen LogP contribution in [0.15, 0.2) is 42.5 Å². The molecule has 3 rings (SSSR count). The highest BCUT2D eigenvalue weighted by molar-refractivity contribution is 6.32. The Hall–Kier alpha value is -1.51. The van der Waals surface area contributed by atoms with E-state index >= 15 is 0 Å². The zero-order valence-corrected chi connectivity index (χ0v) is 12.1. The molecule has 0 unspecified atom stereocenters. The van der Waals surface area contributed by atoms with E-state index in [9.17, 15) is 5.11 Å². The lowest BCUT2D eigenvalue weighted by molar-refractivity contribution is 0.152. The van der Waals surface area contributed by atoms with Gasteiger partial charge < -0.3 is 9.84 Å². The molecule has 0 amide bonds. The molecule has 0 aromatic heterocycles. The molecular weight excluding hydrogens is 272 g/mol. The molecule has 1 aliphatic carbocycles. The van der Waals surface area contributed by atoms with E-state index in [1.54, 1.807) is 7.11 Å². The van der Waals surface area contributed by atoms with Crippen LogP contribution < -0.4 is 4.74 Å². The van der Waals surface area contributed by atoms with Crippen LogP contribution in [0, 0.1) is 0 Å². The van der Waals surface area contributed by atoms with Crippen molar-refractivity contribution in [2.75, 3.05) is 7.11 Å². The molecule has 0 fully saturated rings. The predicted octanol–water partition coefficient (Wildman–Crippen LogP) is 3.79. The fraction of sp³-hybridized carbons (Fsp3) is 0.294. The fourth-order valence-electron chi connectivity index (χ4n) is 3.01. The molecular formula is C17H17ClO2. The van der Waals surface area contributed by atoms with E-state index in [0.29, 0.717) is 17.2 Å². The molecule has 0 saturated heterocycles. The van der Waals surface area contributed by atoms with Gasteiger partial charge in [0.25, 0.3) is 0 Å². The molecule has 2 aromatic rings. The zero-order valence-electron chi connectivity index (χ0n) is 11.3. The number of aliphatic hydroxyl groups excluding tert-OH is 1. The summed E-state index contributed by atoms with van der Waals surface area (Å²) >= 11 is 6.20. The van der Waals surface area contributed by atoms with Crippen molar-refractivity contribution in [3.8, 4) is 5.75 Å². The molecule has 1 N–H and O–H groups in total. The van der Waals surface area contributed by atoms with Gasteiger partial charge in [-0.3, -0.25) is 0 Å². The summed E-state index contributed by atoms with van der Waals surface area (Å²) in [5.41, 5.74) is 3.54. The normalized spacial score (nSPS) is 21.4. The monoisotopic (exact) mass is 288 g/mol. The number of aliphatic hydroxyl groups is 1. The number of rotatable bonds is 2. The molecule has 0 saturated carbocycles. The Balaban J connectivity index is 2.11. The Bertz CT molecular complexity index is 610. The van der Waals surface area contributed by atoms with Crippen LogP contribution in [0.1, 0.15) is 29.0 Å². The highest BCUT2D eigenvalue weighted by Gasteiger charge is 2.28. The van der Waals surface area contributed by atoms with Crippen molar-refractivity contribution in [1.82, 2.24) is 0 Å². The molecule has 3 heteroatoms. The van der Waals surface area contributed by atoms with Crippen molar-refractivity contribution < 1.29 is 9.84 Å². The lowest BCUT2D eigenvalue weighted by atomic mass is 9.77. The number of hydrogen-bond donors (Lipinski definition) is 1. The van der Waals surface area contributed by atoms with Crippen molar-refractivity contribution in [3.05, 3.63) is 64.2 Å². The summed E-state index contributed by atoms with van der Waals surface area (Å²) < 4.78 is 5.33. The lowest BCUT2D eigenvalue weighted by Gasteiger charge is -2.30. The molecule has 1 aliphatic rings. The fourth-order valence-corrected chi connectivity index (χ4v) is 3.27. The molecule has 104 valence electrons. The van der Waals surface area contributed by atoms with Crippen molar-refractivity contribution in [1.29, 1.82) is 0 Å². The van der Waals surface area contributed by atoms with E-state index in [4.69, 9.17) is 16.3 Å². The minimum atomic E-state index is -0.322. The first-order chi connectivity index (χ1) is 9.69. The maximum atomic E-state index is 10.1. The average molecular weight is 289 g/mol. The first-order valence-corrected chi connectivity index (χ1v) is 7.16. The van der Waals surface area contributed by atoms with Crippen LogP contribution in [0.5, 0.6) is 5.75 Å². The van der Waals surface area contributed by atoms with Crippen LogP contribution in [0.4, 0.5) is 0 Å². The summed E-state index contributed by atoms with van der Waals surface area (Å²) in [6.45, 7) is 0. The summed E-state index contributed by atoms with van der Waals surface area (Å²) in [6, 6.07) is 14.2. The van der Waals surface area contributed by atoms with E-state index in [2.05, 4.69) is 12.1 Å². The second-order valence-electron chi connectivity index (χ2n) is 5.24. The van der Waals surface area contributed by atoms with Crippen LogP contribution in [0.25, 0.3) is 0 Å². The minimum absolute atomic E-state index is 0.195. The van der Waals surface area contributed by atoms with Gasteiger partial charge in [-0.05, 0) is 41.7 Å². The number of benzene rings is 2. The maximum absolute atomic E-state index is 10.1. The number of hydrogen-bond acceptors (Lipinski definition) is 2. The van der Waals surface area contributed by atoms with Gasteiger partial charge in [-0.15, -0.1) is 0 Å². The SMILES string of the molecule is COc1cc2c(cc1Cl)C[C@H](O)C[C@H]2c1ccccc1. The van der Waals surface area contributed by atoms with Gasteiger partial charge in [0.05, 0.1) is 18.2 Å². The Morgan fingerprint density at radius 3 is 2.65 bits per heavy atom. The quantitative estimate of drug-likeness (QED) is 0.911. The lowest BCUT2D eigenvalue weighted by Crippen LogP contribution is -2.23. The van der Waals surface area contributed by atoms with Crippen LogP contribution in [-0.4, -0.2) is 18.3 Å². The van der Waals surface area contributed by atoms with Crippen LogP contribution in [0.3, 0.4) is 0 Å². The van der Waals surface area contributed by atoms with Gasteiger partial charge in [0, 0.05) is 5.92 Å². The van der Waals surface area contributed by atoms with E-state index in [-0.39, 0.29) is 12.0 Å². The molecule has 2 aromatic carbocycles.